The van der Waals surface area contributed by atoms with Gasteiger partial charge in [0.1, 0.15) is 11.5 Å². The minimum absolute atomic E-state index is 0.189. The van der Waals surface area contributed by atoms with Crippen LogP contribution in [0.4, 0.5) is 11.4 Å². The van der Waals surface area contributed by atoms with Crippen LogP contribution in [0, 0.1) is 20.6 Å². The standard InChI is InChI=1S/C18H15IN4O4/c1-11-3-5-14(6-4-11)27-15-8-12(7-13(9-15)23(25)26)20-18(24)17-16(19)10-22(2)21-17/h3-10H,1-2H3,(H,20,24). The molecule has 1 amide bonds. The summed E-state index contributed by atoms with van der Waals surface area (Å²) in [6.45, 7) is 1.95. The number of rotatable bonds is 5. The number of hydrogen-bond acceptors (Lipinski definition) is 5. The number of hydrogen-bond donors (Lipinski definition) is 1. The third-order valence-corrected chi connectivity index (χ3v) is 4.41. The number of halogens is 1. The number of aryl methyl sites for hydroxylation is 2. The normalized spacial score (nSPS) is 10.5. The van der Waals surface area contributed by atoms with E-state index in [1.54, 1.807) is 25.4 Å². The molecule has 3 rings (SSSR count). The van der Waals surface area contributed by atoms with Crippen molar-refractivity contribution < 1.29 is 14.5 Å². The number of nitro groups is 1. The van der Waals surface area contributed by atoms with Crippen LogP contribution in [0.5, 0.6) is 11.5 Å². The topological polar surface area (TPSA) is 99.3 Å². The molecule has 8 nitrogen and oxygen atoms in total. The van der Waals surface area contributed by atoms with Crippen LogP contribution in [0.25, 0.3) is 0 Å². The number of nitrogens with zero attached hydrogens (tertiary/aromatic N) is 3. The van der Waals surface area contributed by atoms with Gasteiger partial charge in [-0.2, -0.15) is 5.10 Å². The third kappa shape index (κ3) is 4.61. The van der Waals surface area contributed by atoms with E-state index in [4.69, 9.17) is 4.74 Å². The van der Waals surface area contributed by atoms with Crippen molar-refractivity contribution in [3.05, 3.63) is 73.6 Å². The molecule has 0 fully saturated rings. The van der Waals surface area contributed by atoms with Gasteiger partial charge in [-0.3, -0.25) is 19.6 Å². The molecule has 3 aromatic rings. The SMILES string of the molecule is Cc1ccc(Oc2cc(NC(=O)c3nn(C)cc3I)cc([N+](=O)[O-])c2)cc1. The Balaban J connectivity index is 1.89. The minimum atomic E-state index is -0.540. The molecule has 0 saturated carbocycles. The van der Waals surface area contributed by atoms with Gasteiger partial charge in [0.25, 0.3) is 11.6 Å². The van der Waals surface area contributed by atoms with E-state index in [1.165, 1.54) is 22.9 Å². The summed E-state index contributed by atoms with van der Waals surface area (Å²) in [6, 6.07) is 11.4. The largest absolute Gasteiger partial charge is 0.457 e. The number of anilines is 1. The average molecular weight is 478 g/mol. The molecule has 0 atom stereocenters. The Kier molecular flexibility index (Phi) is 5.40. The molecule has 1 heterocycles. The summed E-state index contributed by atoms with van der Waals surface area (Å²) in [5.74, 6) is 0.332. The first kappa shape index (κ1) is 18.8. The van der Waals surface area contributed by atoms with E-state index in [0.717, 1.165) is 5.56 Å². The lowest BCUT2D eigenvalue weighted by Gasteiger charge is -2.09. The molecule has 0 aliphatic heterocycles. The van der Waals surface area contributed by atoms with Gasteiger partial charge in [0.2, 0.25) is 0 Å². The zero-order valence-electron chi connectivity index (χ0n) is 14.5. The molecule has 0 radical (unpaired) electrons. The molecular formula is C18H15IN4O4. The first-order valence-corrected chi connectivity index (χ1v) is 8.94. The smallest absolute Gasteiger partial charge is 0.277 e. The van der Waals surface area contributed by atoms with E-state index in [-0.39, 0.29) is 22.8 Å². The summed E-state index contributed by atoms with van der Waals surface area (Å²) < 4.78 is 7.90. The van der Waals surface area contributed by atoms with Crippen LogP contribution < -0.4 is 10.1 Å². The second-order valence-corrected chi connectivity index (χ2v) is 7.00. The second-order valence-electron chi connectivity index (χ2n) is 5.84. The van der Waals surface area contributed by atoms with E-state index in [2.05, 4.69) is 10.4 Å². The van der Waals surface area contributed by atoms with Crippen LogP contribution in [-0.2, 0) is 7.05 Å². The van der Waals surface area contributed by atoms with Crippen LogP contribution in [0.1, 0.15) is 16.1 Å². The summed E-state index contributed by atoms with van der Waals surface area (Å²) in [5.41, 5.74) is 1.37. The highest BCUT2D eigenvalue weighted by atomic mass is 127. The lowest BCUT2D eigenvalue weighted by atomic mass is 10.2. The Bertz CT molecular complexity index is 1010. The maximum absolute atomic E-state index is 12.4. The van der Waals surface area contributed by atoms with Crippen LogP contribution in [-0.4, -0.2) is 20.6 Å². The van der Waals surface area contributed by atoms with Crippen molar-refractivity contribution in [2.45, 2.75) is 6.92 Å². The number of carbonyl (C=O) groups excluding carboxylic acids is 1. The number of aromatic nitrogens is 2. The molecule has 0 unspecified atom stereocenters. The summed E-state index contributed by atoms with van der Waals surface area (Å²) in [5, 5.41) is 18.0. The van der Waals surface area contributed by atoms with E-state index in [1.807, 2.05) is 41.6 Å². The van der Waals surface area contributed by atoms with Crippen molar-refractivity contribution in [1.82, 2.24) is 9.78 Å². The van der Waals surface area contributed by atoms with E-state index in [9.17, 15) is 14.9 Å². The minimum Gasteiger partial charge on any atom is -0.457 e. The molecule has 138 valence electrons. The number of carbonyl (C=O) groups is 1. The van der Waals surface area contributed by atoms with Crippen LogP contribution >= 0.6 is 22.6 Å². The zero-order chi connectivity index (χ0) is 19.6. The maximum atomic E-state index is 12.4. The Labute approximate surface area is 168 Å². The second kappa shape index (κ2) is 7.74. The van der Waals surface area contributed by atoms with Gasteiger partial charge in [0.05, 0.1) is 20.2 Å². The fourth-order valence-corrected chi connectivity index (χ4v) is 3.12. The van der Waals surface area contributed by atoms with Crippen molar-refractivity contribution in [1.29, 1.82) is 0 Å². The molecule has 0 spiro atoms. The molecule has 9 heteroatoms. The van der Waals surface area contributed by atoms with E-state index >= 15 is 0 Å². The number of amides is 1. The first-order valence-electron chi connectivity index (χ1n) is 7.86. The fraction of sp³-hybridized carbons (Fsp3) is 0.111. The van der Waals surface area contributed by atoms with Crippen molar-refractivity contribution in [3.63, 3.8) is 0 Å². The summed E-state index contributed by atoms with van der Waals surface area (Å²) in [7, 11) is 1.71. The Morgan fingerprint density at radius 1 is 1.22 bits per heavy atom. The summed E-state index contributed by atoms with van der Waals surface area (Å²) >= 11 is 2.00. The summed E-state index contributed by atoms with van der Waals surface area (Å²) in [6.07, 6.45) is 1.70. The van der Waals surface area contributed by atoms with E-state index in [0.29, 0.717) is 9.32 Å². The molecule has 2 aromatic carbocycles. The molecule has 0 saturated heterocycles. The quantitative estimate of drug-likeness (QED) is 0.335. The number of non-ortho nitro benzene ring substituents is 1. The van der Waals surface area contributed by atoms with Gasteiger partial charge in [-0.15, -0.1) is 0 Å². The molecule has 1 aromatic heterocycles. The molecule has 0 aliphatic carbocycles. The van der Waals surface area contributed by atoms with Gasteiger partial charge < -0.3 is 10.1 Å². The Hall–Kier alpha value is -2.95. The highest BCUT2D eigenvalue weighted by molar-refractivity contribution is 14.1. The lowest BCUT2D eigenvalue weighted by Crippen LogP contribution is -2.14. The van der Waals surface area contributed by atoms with E-state index < -0.39 is 10.8 Å². The fourth-order valence-electron chi connectivity index (χ4n) is 2.37. The Morgan fingerprint density at radius 3 is 2.52 bits per heavy atom. The molecule has 0 aliphatic rings. The van der Waals surface area contributed by atoms with Gasteiger partial charge in [-0.25, -0.2) is 0 Å². The van der Waals surface area contributed by atoms with Crippen molar-refractivity contribution in [2.75, 3.05) is 5.32 Å². The molecule has 0 bridgehead atoms. The van der Waals surface area contributed by atoms with Gasteiger partial charge in [-0.05, 0) is 41.6 Å². The van der Waals surface area contributed by atoms with Crippen molar-refractivity contribution >= 4 is 39.9 Å². The summed E-state index contributed by atoms with van der Waals surface area (Å²) in [4.78, 5) is 23.1. The zero-order valence-corrected chi connectivity index (χ0v) is 16.6. The lowest BCUT2D eigenvalue weighted by molar-refractivity contribution is -0.384. The maximum Gasteiger partial charge on any atom is 0.277 e. The van der Waals surface area contributed by atoms with Crippen LogP contribution in [0.15, 0.2) is 48.7 Å². The predicted octanol–water partition coefficient (Wildman–Crippen LogP) is 4.29. The third-order valence-electron chi connectivity index (χ3n) is 3.62. The first-order chi connectivity index (χ1) is 12.8. The van der Waals surface area contributed by atoms with Crippen LogP contribution in [0.3, 0.4) is 0 Å². The number of nitrogens with one attached hydrogen (secondary N) is 1. The van der Waals surface area contributed by atoms with Gasteiger partial charge in [0, 0.05) is 25.4 Å². The van der Waals surface area contributed by atoms with Crippen molar-refractivity contribution in [3.8, 4) is 11.5 Å². The van der Waals surface area contributed by atoms with Gasteiger partial charge in [0.15, 0.2) is 5.69 Å². The van der Waals surface area contributed by atoms with Crippen molar-refractivity contribution in [2.24, 2.45) is 7.05 Å². The highest BCUT2D eigenvalue weighted by Crippen LogP contribution is 2.30. The van der Waals surface area contributed by atoms with Gasteiger partial charge >= 0.3 is 0 Å². The number of nitro benzene ring substituents is 1. The molecule has 27 heavy (non-hydrogen) atoms. The Morgan fingerprint density at radius 2 is 1.93 bits per heavy atom. The number of ether oxygens (including phenoxy) is 1. The molecular weight excluding hydrogens is 463 g/mol. The van der Waals surface area contributed by atoms with Gasteiger partial charge in [-0.1, -0.05) is 17.7 Å². The molecule has 1 N–H and O–H groups in total. The monoisotopic (exact) mass is 478 g/mol. The highest BCUT2D eigenvalue weighted by Gasteiger charge is 2.17. The average Bonchev–Trinajstić information content (AvgIpc) is 2.95. The van der Waals surface area contributed by atoms with Crippen LogP contribution in [0.2, 0.25) is 0 Å². The predicted molar refractivity (Wildman–Crippen MR) is 108 cm³/mol. The number of benzene rings is 2.